The van der Waals surface area contributed by atoms with E-state index in [-0.39, 0.29) is 5.56 Å². The minimum absolute atomic E-state index is 0.145. The average Bonchev–Trinajstić information content (AvgIpc) is 2.31. The molecule has 18 heavy (non-hydrogen) atoms. The van der Waals surface area contributed by atoms with Gasteiger partial charge in [0.1, 0.15) is 0 Å². The van der Waals surface area contributed by atoms with Crippen LogP contribution >= 0.6 is 0 Å². The highest BCUT2D eigenvalue weighted by atomic mass is 16.1. The van der Waals surface area contributed by atoms with Crippen LogP contribution in [-0.2, 0) is 26.6 Å². The zero-order valence-corrected chi connectivity index (χ0v) is 11.8. The summed E-state index contributed by atoms with van der Waals surface area (Å²) in [5.74, 6) is 0. The number of nitrogens with one attached hydrogen (secondary N) is 1. The van der Waals surface area contributed by atoms with Gasteiger partial charge in [-0.2, -0.15) is 0 Å². The molecule has 0 amide bonds. The van der Waals surface area contributed by atoms with Gasteiger partial charge < -0.3 is 14.8 Å². The van der Waals surface area contributed by atoms with E-state index in [1.165, 1.54) is 11.3 Å². The van der Waals surface area contributed by atoms with Gasteiger partial charge in [0.2, 0.25) is 0 Å². The van der Waals surface area contributed by atoms with Crippen molar-refractivity contribution in [1.29, 1.82) is 0 Å². The molecule has 0 bridgehead atoms. The number of hydrogen-bond acceptors (Lipinski definition) is 3. The standard InChI is InChI=1S/C14H23N3O/c1-10(2)15-8-11-7-12-9-16(3)6-5-13(12)17(4)14(11)18/h7,10,15H,5-6,8-9H2,1-4H3. The average molecular weight is 249 g/mol. The Labute approximate surface area is 109 Å². The van der Waals surface area contributed by atoms with E-state index < -0.39 is 0 Å². The van der Waals surface area contributed by atoms with E-state index in [0.29, 0.717) is 12.6 Å². The van der Waals surface area contributed by atoms with Crippen molar-refractivity contribution >= 4 is 0 Å². The van der Waals surface area contributed by atoms with Gasteiger partial charge in [0.25, 0.3) is 5.56 Å². The maximum absolute atomic E-state index is 12.2. The molecule has 4 nitrogen and oxygen atoms in total. The Bertz CT molecular complexity index is 491. The van der Waals surface area contributed by atoms with E-state index in [2.05, 4.69) is 37.2 Å². The van der Waals surface area contributed by atoms with Crippen LogP contribution in [-0.4, -0.2) is 29.1 Å². The molecular formula is C14H23N3O. The van der Waals surface area contributed by atoms with Crippen molar-refractivity contribution in [3.63, 3.8) is 0 Å². The summed E-state index contributed by atoms with van der Waals surface area (Å²) in [6.07, 6.45) is 0.968. The van der Waals surface area contributed by atoms with E-state index in [0.717, 1.165) is 25.1 Å². The second-order valence-electron chi connectivity index (χ2n) is 5.53. The van der Waals surface area contributed by atoms with E-state index >= 15 is 0 Å². The summed E-state index contributed by atoms with van der Waals surface area (Å²) in [5, 5.41) is 3.32. The van der Waals surface area contributed by atoms with E-state index in [4.69, 9.17) is 0 Å². The summed E-state index contributed by atoms with van der Waals surface area (Å²) in [6, 6.07) is 2.48. The molecule has 0 unspecified atom stereocenters. The van der Waals surface area contributed by atoms with Gasteiger partial charge in [0.15, 0.2) is 0 Å². The third-order valence-electron chi connectivity index (χ3n) is 3.57. The molecule has 0 aromatic carbocycles. The molecule has 1 aromatic heterocycles. The van der Waals surface area contributed by atoms with Crippen LogP contribution in [0.25, 0.3) is 0 Å². The van der Waals surface area contributed by atoms with Gasteiger partial charge >= 0.3 is 0 Å². The molecule has 1 aliphatic heterocycles. The third kappa shape index (κ3) is 2.65. The minimum atomic E-state index is 0.145. The first-order chi connectivity index (χ1) is 8.49. The van der Waals surface area contributed by atoms with Crippen LogP contribution in [0.5, 0.6) is 0 Å². The molecule has 1 N–H and O–H groups in total. The van der Waals surface area contributed by atoms with Crippen LogP contribution in [0.3, 0.4) is 0 Å². The van der Waals surface area contributed by atoms with Gasteiger partial charge in [-0.3, -0.25) is 4.79 Å². The van der Waals surface area contributed by atoms with Crippen molar-refractivity contribution in [2.24, 2.45) is 7.05 Å². The number of aromatic nitrogens is 1. The molecule has 100 valence electrons. The molecule has 2 heterocycles. The molecule has 1 aromatic rings. The molecule has 2 rings (SSSR count). The topological polar surface area (TPSA) is 37.3 Å². The van der Waals surface area contributed by atoms with E-state index in [1.807, 2.05) is 11.6 Å². The van der Waals surface area contributed by atoms with E-state index in [1.54, 1.807) is 0 Å². The lowest BCUT2D eigenvalue weighted by molar-refractivity contribution is 0.305. The Morgan fingerprint density at radius 2 is 2.11 bits per heavy atom. The van der Waals surface area contributed by atoms with Crippen LogP contribution in [0, 0.1) is 0 Å². The number of pyridine rings is 1. The van der Waals surface area contributed by atoms with Crippen LogP contribution in [0.4, 0.5) is 0 Å². The number of rotatable bonds is 3. The van der Waals surface area contributed by atoms with Crippen molar-refractivity contribution in [1.82, 2.24) is 14.8 Å². The fourth-order valence-corrected chi connectivity index (χ4v) is 2.48. The largest absolute Gasteiger partial charge is 0.315 e. The molecule has 0 fully saturated rings. The molecule has 0 spiro atoms. The number of hydrogen-bond donors (Lipinski definition) is 1. The highest BCUT2D eigenvalue weighted by Crippen LogP contribution is 2.16. The molecule has 0 aliphatic carbocycles. The molecule has 0 saturated carbocycles. The predicted octanol–water partition coefficient (Wildman–Crippen LogP) is 0.871. The maximum atomic E-state index is 12.2. The van der Waals surface area contributed by atoms with Gasteiger partial charge in [-0.25, -0.2) is 0 Å². The van der Waals surface area contributed by atoms with Crippen LogP contribution < -0.4 is 10.9 Å². The predicted molar refractivity (Wildman–Crippen MR) is 73.7 cm³/mol. The fraction of sp³-hybridized carbons (Fsp3) is 0.643. The van der Waals surface area contributed by atoms with Gasteiger partial charge in [0, 0.05) is 50.4 Å². The summed E-state index contributed by atoms with van der Waals surface area (Å²) in [7, 11) is 4.02. The Morgan fingerprint density at radius 1 is 1.39 bits per heavy atom. The molecule has 0 saturated heterocycles. The normalized spacial score (nSPS) is 16.1. The Kier molecular flexibility index (Phi) is 3.88. The summed E-state index contributed by atoms with van der Waals surface area (Å²) >= 11 is 0. The van der Waals surface area contributed by atoms with Gasteiger partial charge in [-0.15, -0.1) is 0 Å². The van der Waals surface area contributed by atoms with Gasteiger partial charge in [0.05, 0.1) is 0 Å². The summed E-state index contributed by atoms with van der Waals surface area (Å²) in [6.45, 7) is 6.82. The molecule has 1 aliphatic rings. The van der Waals surface area contributed by atoms with Crippen molar-refractivity contribution in [3.05, 3.63) is 33.2 Å². The Balaban J connectivity index is 2.35. The quantitative estimate of drug-likeness (QED) is 0.864. The molecule has 0 atom stereocenters. The molecule has 4 heteroatoms. The van der Waals surface area contributed by atoms with Crippen LogP contribution in [0.1, 0.15) is 30.7 Å². The van der Waals surface area contributed by atoms with Crippen LogP contribution in [0.15, 0.2) is 10.9 Å². The summed E-state index contributed by atoms with van der Waals surface area (Å²) in [5.41, 5.74) is 3.52. The number of fused-ring (bicyclic) bond motifs is 1. The highest BCUT2D eigenvalue weighted by Gasteiger charge is 2.18. The van der Waals surface area contributed by atoms with E-state index in [9.17, 15) is 4.79 Å². The lowest BCUT2D eigenvalue weighted by Crippen LogP contribution is -2.35. The number of nitrogens with zero attached hydrogens (tertiary/aromatic N) is 2. The summed E-state index contributed by atoms with van der Waals surface area (Å²) < 4.78 is 1.83. The second kappa shape index (κ2) is 5.24. The van der Waals surface area contributed by atoms with Crippen molar-refractivity contribution in [3.8, 4) is 0 Å². The first-order valence-electron chi connectivity index (χ1n) is 6.61. The van der Waals surface area contributed by atoms with Crippen molar-refractivity contribution < 1.29 is 0 Å². The first-order valence-corrected chi connectivity index (χ1v) is 6.61. The van der Waals surface area contributed by atoms with Gasteiger partial charge in [-0.1, -0.05) is 13.8 Å². The fourth-order valence-electron chi connectivity index (χ4n) is 2.48. The zero-order valence-electron chi connectivity index (χ0n) is 11.8. The third-order valence-corrected chi connectivity index (χ3v) is 3.57. The lowest BCUT2D eigenvalue weighted by atomic mass is 10.0. The maximum Gasteiger partial charge on any atom is 0.255 e. The first kappa shape index (κ1) is 13.3. The second-order valence-corrected chi connectivity index (χ2v) is 5.53. The summed E-state index contributed by atoms with van der Waals surface area (Å²) in [4.78, 5) is 14.5. The van der Waals surface area contributed by atoms with Crippen molar-refractivity contribution in [2.45, 2.75) is 39.4 Å². The monoisotopic (exact) mass is 249 g/mol. The lowest BCUT2D eigenvalue weighted by Gasteiger charge is -2.27. The van der Waals surface area contributed by atoms with Crippen LogP contribution in [0.2, 0.25) is 0 Å². The van der Waals surface area contributed by atoms with Crippen molar-refractivity contribution in [2.75, 3.05) is 13.6 Å². The smallest absolute Gasteiger partial charge is 0.255 e. The SMILES string of the molecule is CC(C)NCc1cc2c(n(C)c1=O)CCN(C)C2. The Hall–Kier alpha value is -1.13. The minimum Gasteiger partial charge on any atom is -0.315 e. The molecule has 0 radical (unpaired) electrons. The zero-order chi connectivity index (χ0) is 13.3. The Morgan fingerprint density at radius 3 is 2.78 bits per heavy atom. The number of likely N-dealkylation sites (N-methyl/N-ethyl adjacent to an activating group) is 1. The highest BCUT2D eigenvalue weighted by molar-refractivity contribution is 5.28. The molecular weight excluding hydrogens is 226 g/mol. The van der Waals surface area contributed by atoms with Gasteiger partial charge in [-0.05, 0) is 18.7 Å².